The van der Waals surface area contributed by atoms with Gasteiger partial charge in [-0.05, 0) is 142 Å². The van der Waals surface area contributed by atoms with Gasteiger partial charge in [0.25, 0.3) is 0 Å². The molecular formula is C45H65ClO6. The van der Waals surface area contributed by atoms with Gasteiger partial charge >= 0.3 is 11.9 Å². The SMILES string of the molecule is CC(C)C1=C2C3CCC4C5(C)CCC(OC(=O)CC(C)(C)C(=O)O)C(C)(C)C5CCC4(C)C3(C)CCC2(C(O)CCCc2ccccc2Cl)CC1=O. The Kier molecular flexibility index (Phi) is 10.3. The zero-order valence-corrected chi connectivity index (χ0v) is 34.1. The van der Waals surface area contributed by atoms with Crippen LogP contribution < -0.4 is 0 Å². The van der Waals surface area contributed by atoms with Crippen LogP contribution in [0.1, 0.15) is 145 Å². The van der Waals surface area contributed by atoms with E-state index in [0.717, 1.165) is 80.4 Å². The number of ketones is 1. The average Bonchev–Trinajstić information content (AvgIpc) is 3.36. The van der Waals surface area contributed by atoms with Crippen molar-refractivity contribution in [3.8, 4) is 0 Å². The molecule has 1 aromatic rings. The Bertz CT molecular complexity index is 1620. The smallest absolute Gasteiger partial charge is 0.309 e. The van der Waals surface area contributed by atoms with Gasteiger partial charge < -0.3 is 14.9 Å². The maximum absolute atomic E-state index is 14.0. The van der Waals surface area contributed by atoms with Crippen molar-refractivity contribution in [1.82, 2.24) is 0 Å². The van der Waals surface area contributed by atoms with E-state index < -0.39 is 28.9 Å². The molecule has 0 aromatic heterocycles. The van der Waals surface area contributed by atoms with E-state index in [-0.39, 0.29) is 51.8 Å². The fourth-order valence-corrected chi connectivity index (χ4v) is 13.6. The zero-order valence-electron chi connectivity index (χ0n) is 33.4. The van der Waals surface area contributed by atoms with Crippen LogP contribution in [-0.4, -0.2) is 40.1 Å². The summed E-state index contributed by atoms with van der Waals surface area (Å²) in [6.07, 6.45) is 9.71. The number of rotatable bonds is 10. The van der Waals surface area contributed by atoms with Crippen LogP contribution in [0.4, 0.5) is 0 Å². The number of benzene rings is 1. The van der Waals surface area contributed by atoms with Crippen molar-refractivity contribution in [2.45, 2.75) is 158 Å². The van der Waals surface area contributed by atoms with E-state index in [1.165, 1.54) is 5.57 Å². The molecule has 288 valence electrons. The summed E-state index contributed by atoms with van der Waals surface area (Å²) in [7, 11) is 0. The highest BCUT2D eigenvalue weighted by Gasteiger charge is 2.70. The summed E-state index contributed by atoms with van der Waals surface area (Å²) in [4.78, 5) is 38.9. The zero-order chi connectivity index (χ0) is 38.2. The van der Waals surface area contributed by atoms with Crippen LogP contribution in [0, 0.1) is 56.2 Å². The number of hydrogen-bond acceptors (Lipinski definition) is 5. The molecule has 0 aliphatic heterocycles. The lowest BCUT2D eigenvalue weighted by Gasteiger charge is -2.72. The van der Waals surface area contributed by atoms with Gasteiger partial charge in [-0.15, -0.1) is 0 Å². The lowest BCUT2D eigenvalue weighted by atomic mass is 9.33. The number of aliphatic carboxylic acids is 1. The minimum atomic E-state index is -1.16. The maximum atomic E-state index is 14.0. The van der Waals surface area contributed by atoms with Crippen LogP contribution in [-0.2, 0) is 25.5 Å². The summed E-state index contributed by atoms with van der Waals surface area (Å²) in [6.45, 7) is 19.7. The van der Waals surface area contributed by atoms with Gasteiger partial charge in [-0.25, -0.2) is 0 Å². The standard InChI is InChI=1S/C45H65ClO6/c1-27(2)37-31(47)25-45(34(48)16-12-14-28-13-10-11-15-30(28)46)24-23-43(8)29(38(37)45)17-18-33-42(7)21-20-35(52-36(49)26-40(3,4)39(50)51)41(5,6)32(42)19-22-44(33,43)9/h10-11,13,15,27,29,32-35,48H,12,14,16-26H2,1-9H3,(H,50,51). The fourth-order valence-electron chi connectivity index (χ4n) is 13.4. The van der Waals surface area contributed by atoms with Crippen molar-refractivity contribution in [2.75, 3.05) is 0 Å². The lowest BCUT2D eigenvalue weighted by molar-refractivity contribution is -0.235. The molecule has 0 saturated heterocycles. The molecule has 5 aliphatic rings. The number of carbonyl (C=O) groups is 3. The minimum absolute atomic E-state index is 0.000641. The maximum Gasteiger partial charge on any atom is 0.309 e. The van der Waals surface area contributed by atoms with Crippen LogP contribution in [0.5, 0.6) is 0 Å². The molecule has 6 nitrogen and oxygen atoms in total. The number of carbonyl (C=O) groups excluding carboxylic acids is 2. The summed E-state index contributed by atoms with van der Waals surface area (Å²) in [5, 5.41) is 22.6. The molecule has 6 rings (SSSR count). The fraction of sp³-hybridized carbons (Fsp3) is 0.756. The molecule has 0 amide bonds. The number of esters is 1. The second kappa shape index (κ2) is 13.5. The normalized spacial score (nSPS) is 37.5. The van der Waals surface area contributed by atoms with E-state index in [1.807, 2.05) is 18.2 Å². The van der Waals surface area contributed by atoms with Crippen LogP contribution in [0.2, 0.25) is 5.02 Å². The van der Waals surface area contributed by atoms with E-state index in [2.05, 4.69) is 54.5 Å². The van der Waals surface area contributed by atoms with Gasteiger partial charge in [0.05, 0.1) is 17.9 Å². The summed E-state index contributed by atoms with van der Waals surface area (Å²) in [5.41, 5.74) is 1.69. The summed E-state index contributed by atoms with van der Waals surface area (Å²) in [5.74, 6) is 0.113. The number of carboxylic acids is 1. The summed E-state index contributed by atoms with van der Waals surface area (Å²) in [6, 6.07) is 7.96. The number of Topliss-reactive ketones (excluding diaryl/α,β-unsaturated/α-hetero) is 1. The lowest BCUT2D eigenvalue weighted by Crippen LogP contribution is -2.66. The Labute approximate surface area is 317 Å². The van der Waals surface area contributed by atoms with Gasteiger partial charge in [-0.3, -0.25) is 14.4 Å². The van der Waals surface area contributed by atoms with E-state index in [0.29, 0.717) is 24.7 Å². The van der Waals surface area contributed by atoms with Crippen molar-refractivity contribution < 1.29 is 29.3 Å². The largest absolute Gasteiger partial charge is 0.481 e. The second-order valence-corrected chi connectivity index (χ2v) is 20.5. The first-order valence-corrected chi connectivity index (χ1v) is 20.7. The molecule has 0 spiro atoms. The Morgan fingerprint density at radius 1 is 0.942 bits per heavy atom. The molecule has 4 fully saturated rings. The summed E-state index contributed by atoms with van der Waals surface area (Å²) >= 11 is 6.48. The second-order valence-electron chi connectivity index (χ2n) is 20.1. The molecule has 0 heterocycles. The first-order chi connectivity index (χ1) is 24.2. The molecular weight excluding hydrogens is 672 g/mol. The Balaban J connectivity index is 1.26. The van der Waals surface area contributed by atoms with Crippen LogP contribution >= 0.6 is 11.6 Å². The quantitative estimate of drug-likeness (QED) is 0.232. The monoisotopic (exact) mass is 736 g/mol. The molecule has 4 saturated carbocycles. The van der Waals surface area contributed by atoms with Crippen molar-refractivity contribution in [3.05, 3.63) is 46.0 Å². The number of allylic oxidation sites excluding steroid dienone is 1. The molecule has 2 N–H and O–H groups in total. The van der Waals surface area contributed by atoms with E-state index in [9.17, 15) is 24.6 Å². The number of halogens is 1. The van der Waals surface area contributed by atoms with Crippen molar-refractivity contribution in [3.63, 3.8) is 0 Å². The number of ether oxygens (including phenoxy) is 1. The predicted octanol–water partition coefficient (Wildman–Crippen LogP) is 10.4. The number of hydrogen-bond donors (Lipinski definition) is 2. The number of aliphatic hydroxyl groups is 1. The van der Waals surface area contributed by atoms with Gasteiger partial charge in [-0.1, -0.05) is 83.8 Å². The molecule has 1 aromatic carbocycles. The number of carboxylic acid groups (broad SMARTS) is 1. The summed E-state index contributed by atoms with van der Waals surface area (Å²) < 4.78 is 6.17. The Morgan fingerprint density at radius 3 is 2.29 bits per heavy atom. The Morgan fingerprint density at radius 2 is 1.63 bits per heavy atom. The number of aryl methyl sites for hydroxylation is 1. The highest BCUT2D eigenvalue weighted by Crippen LogP contribution is 2.77. The van der Waals surface area contributed by atoms with E-state index in [4.69, 9.17) is 16.3 Å². The first kappa shape index (κ1) is 39.5. The first-order valence-electron chi connectivity index (χ1n) is 20.3. The molecule has 5 aliphatic carbocycles. The predicted molar refractivity (Wildman–Crippen MR) is 206 cm³/mol. The van der Waals surface area contributed by atoms with E-state index in [1.54, 1.807) is 13.8 Å². The Hall–Kier alpha value is -2.18. The van der Waals surface area contributed by atoms with E-state index >= 15 is 0 Å². The van der Waals surface area contributed by atoms with Crippen molar-refractivity contribution in [1.29, 1.82) is 0 Å². The molecule has 9 unspecified atom stereocenters. The molecule has 0 bridgehead atoms. The molecule has 7 heteroatoms. The average molecular weight is 737 g/mol. The highest BCUT2D eigenvalue weighted by molar-refractivity contribution is 6.31. The molecule has 52 heavy (non-hydrogen) atoms. The van der Waals surface area contributed by atoms with Gasteiger partial charge in [0.15, 0.2) is 5.78 Å². The highest BCUT2D eigenvalue weighted by atomic mass is 35.5. The number of aliphatic hydroxyl groups excluding tert-OH is 1. The van der Waals surface area contributed by atoms with Crippen LogP contribution in [0.3, 0.4) is 0 Å². The van der Waals surface area contributed by atoms with Crippen molar-refractivity contribution in [2.24, 2.45) is 56.2 Å². The molecule has 9 atom stereocenters. The minimum Gasteiger partial charge on any atom is -0.481 e. The molecule has 0 radical (unpaired) electrons. The van der Waals surface area contributed by atoms with Gasteiger partial charge in [-0.2, -0.15) is 0 Å². The van der Waals surface area contributed by atoms with Crippen molar-refractivity contribution >= 4 is 29.3 Å². The third-order valence-electron chi connectivity index (χ3n) is 16.4. The van der Waals surface area contributed by atoms with Crippen LogP contribution in [0.15, 0.2) is 35.4 Å². The number of fused-ring (bicyclic) bond motifs is 7. The van der Waals surface area contributed by atoms with Gasteiger partial charge in [0.1, 0.15) is 6.10 Å². The van der Waals surface area contributed by atoms with Gasteiger partial charge in [0, 0.05) is 22.3 Å². The van der Waals surface area contributed by atoms with Crippen LogP contribution in [0.25, 0.3) is 0 Å². The third kappa shape index (κ3) is 6.03. The third-order valence-corrected chi connectivity index (χ3v) is 16.8. The van der Waals surface area contributed by atoms with Gasteiger partial charge in [0.2, 0.25) is 0 Å². The topological polar surface area (TPSA) is 101 Å².